The van der Waals surface area contributed by atoms with Crippen LogP contribution in [0.2, 0.25) is 0 Å². The van der Waals surface area contributed by atoms with E-state index in [0.29, 0.717) is 6.54 Å². The van der Waals surface area contributed by atoms with Crippen LogP contribution in [0.5, 0.6) is 0 Å². The number of fused-ring (bicyclic) bond motifs is 2. The molecule has 0 unspecified atom stereocenters. The second kappa shape index (κ2) is 5.88. The number of nitrogens with zero attached hydrogens (tertiary/aromatic N) is 3. The first-order valence-electron chi connectivity index (χ1n) is 8.36. The molecule has 0 aromatic carbocycles. The smallest absolute Gasteiger partial charge is 0.157 e. The van der Waals surface area contributed by atoms with Crippen LogP contribution < -0.4 is 11.1 Å². The zero-order chi connectivity index (χ0) is 15.7. The molecular formula is C17H27N5. The molecule has 2 heterocycles. The molecule has 0 fully saturated rings. The number of hydrogen-bond acceptors (Lipinski definition) is 4. The number of rotatable bonds is 4. The fourth-order valence-corrected chi connectivity index (χ4v) is 3.01. The van der Waals surface area contributed by atoms with Crippen LogP contribution in [-0.2, 0) is 18.3 Å². The fourth-order valence-electron chi connectivity index (χ4n) is 3.01. The number of aromatic nitrogens is 3. The standard InChI is InChI=1S/C17H27N5/c1-17(2,3)14-11-15-20-13-8-5-4-7-12(13)16(22(15)21-14)19-10-6-9-18/h11,19H,4-10,18H2,1-3H3. The van der Waals surface area contributed by atoms with Crippen LogP contribution in [0, 0.1) is 0 Å². The van der Waals surface area contributed by atoms with Crippen LogP contribution >= 0.6 is 0 Å². The molecule has 2 aromatic heterocycles. The van der Waals surface area contributed by atoms with Gasteiger partial charge in [-0.05, 0) is 38.6 Å². The predicted molar refractivity (Wildman–Crippen MR) is 90.5 cm³/mol. The van der Waals surface area contributed by atoms with E-state index in [4.69, 9.17) is 15.8 Å². The molecular weight excluding hydrogens is 274 g/mol. The maximum absolute atomic E-state index is 5.63. The first kappa shape index (κ1) is 15.3. The Morgan fingerprint density at radius 3 is 2.77 bits per heavy atom. The van der Waals surface area contributed by atoms with E-state index in [2.05, 4.69) is 32.2 Å². The van der Waals surface area contributed by atoms with Gasteiger partial charge in [0.15, 0.2) is 5.65 Å². The molecule has 5 nitrogen and oxygen atoms in total. The highest BCUT2D eigenvalue weighted by molar-refractivity contribution is 5.57. The van der Waals surface area contributed by atoms with Crippen molar-refractivity contribution >= 4 is 11.5 Å². The summed E-state index contributed by atoms with van der Waals surface area (Å²) in [5, 5.41) is 8.39. The number of nitrogens with two attached hydrogens (primary N) is 1. The summed E-state index contributed by atoms with van der Waals surface area (Å²) in [4.78, 5) is 4.87. The molecule has 1 aliphatic carbocycles. The highest BCUT2D eigenvalue weighted by Crippen LogP contribution is 2.30. The average molecular weight is 301 g/mol. The van der Waals surface area contributed by atoms with Gasteiger partial charge in [-0.3, -0.25) is 0 Å². The first-order chi connectivity index (χ1) is 10.5. The van der Waals surface area contributed by atoms with E-state index in [1.165, 1.54) is 24.1 Å². The monoisotopic (exact) mass is 301 g/mol. The number of anilines is 1. The molecule has 0 spiro atoms. The Balaban J connectivity index is 2.11. The Bertz CT molecular complexity index is 666. The lowest BCUT2D eigenvalue weighted by Gasteiger charge is -2.20. The van der Waals surface area contributed by atoms with Gasteiger partial charge in [-0.25, -0.2) is 4.98 Å². The van der Waals surface area contributed by atoms with Crippen molar-refractivity contribution in [2.45, 2.75) is 58.3 Å². The van der Waals surface area contributed by atoms with Crippen molar-refractivity contribution in [3.63, 3.8) is 0 Å². The molecule has 0 radical (unpaired) electrons. The van der Waals surface area contributed by atoms with E-state index in [9.17, 15) is 0 Å². The summed E-state index contributed by atoms with van der Waals surface area (Å²) in [6, 6.07) is 2.13. The van der Waals surface area contributed by atoms with Gasteiger partial charge in [0.2, 0.25) is 0 Å². The van der Waals surface area contributed by atoms with Gasteiger partial charge < -0.3 is 11.1 Å². The minimum Gasteiger partial charge on any atom is -0.370 e. The van der Waals surface area contributed by atoms with Crippen LogP contribution in [0.3, 0.4) is 0 Å². The van der Waals surface area contributed by atoms with E-state index in [1.807, 2.05) is 4.52 Å². The summed E-state index contributed by atoms with van der Waals surface area (Å²) < 4.78 is 2.00. The molecule has 0 saturated carbocycles. The molecule has 3 N–H and O–H groups in total. The maximum Gasteiger partial charge on any atom is 0.157 e. The van der Waals surface area contributed by atoms with Crippen molar-refractivity contribution in [3.8, 4) is 0 Å². The van der Waals surface area contributed by atoms with Crippen molar-refractivity contribution in [2.75, 3.05) is 18.4 Å². The Morgan fingerprint density at radius 1 is 1.27 bits per heavy atom. The predicted octanol–water partition coefficient (Wildman–Crippen LogP) is 2.67. The summed E-state index contributed by atoms with van der Waals surface area (Å²) in [5.41, 5.74) is 10.3. The molecule has 22 heavy (non-hydrogen) atoms. The van der Waals surface area contributed by atoms with E-state index in [-0.39, 0.29) is 5.41 Å². The number of hydrogen-bond donors (Lipinski definition) is 2. The van der Waals surface area contributed by atoms with Crippen LogP contribution in [0.25, 0.3) is 5.65 Å². The van der Waals surface area contributed by atoms with E-state index in [1.54, 1.807) is 0 Å². The zero-order valence-corrected chi connectivity index (χ0v) is 13.9. The van der Waals surface area contributed by atoms with Gasteiger partial charge in [-0.15, -0.1) is 0 Å². The Morgan fingerprint density at radius 2 is 2.05 bits per heavy atom. The largest absolute Gasteiger partial charge is 0.370 e. The van der Waals surface area contributed by atoms with Crippen LogP contribution in [0.1, 0.15) is 57.0 Å². The van der Waals surface area contributed by atoms with Gasteiger partial charge in [0.1, 0.15) is 5.82 Å². The summed E-state index contributed by atoms with van der Waals surface area (Å²) in [5.74, 6) is 1.13. The minimum atomic E-state index is 0.0305. The van der Waals surface area contributed by atoms with Gasteiger partial charge >= 0.3 is 0 Å². The molecule has 1 aliphatic rings. The highest BCUT2D eigenvalue weighted by Gasteiger charge is 2.23. The molecule has 0 amide bonds. The second-order valence-electron chi connectivity index (χ2n) is 7.21. The zero-order valence-electron chi connectivity index (χ0n) is 13.9. The van der Waals surface area contributed by atoms with E-state index in [0.717, 1.165) is 43.0 Å². The summed E-state index contributed by atoms with van der Waals surface area (Å²) in [7, 11) is 0. The lowest BCUT2D eigenvalue weighted by Crippen LogP contribution is -2.18. The van der Waals surface area contributed by atoms with Crippen molar-refractivity contribution in [1.82, 2.24) is 14.6 Å². The quantitative estimate of drug-likeness (QED) is 0.852. The third-order valence-electron chi connectivity index (χ3n) is 4.32. The van der Waals surface area contributed by atoms with Crippen molar-refractivity contribution in [2.24, 2.45) is 5.73 Å². The SMILES string of the molecule is CC(C)(C)c1cc2nc3c(c(NCCCN)n2n1)CCCC3. The normalized spacial score (nSPS) is 15.1. The Hall–Kier alpha value is -1.62. The third-order valence-corrected chi connectivity index (χ3v) is 4.32. The maximum atomic E-state index is 5.63. The topological polar surface area (TPSA) is 68.2 Å². The summed E-state index contributed by atoms with van der Waals surface area (Å²) in [6.07, 6.45) is 5.60. The van der Waals surface area contributed by atoms with Gasteiger partial charge in [-0.1, -0.05) is 20.8 Å². The van der Waals surface area contributed by atoms with Crippen LogP contribution in [0.15, 0.2) is 6.07 Å². The molecule has 0 aliphatic heterocycles. The average Bonchev–Trinajstić information content (AvgIpc) is 2.90. The second-order valence-corrected chi connectivity index (χ2v) is 7.21. The van der Waals surface area contributed by atoms with Gasteiger partial charge in [0, 0.05) is 29.3 Å². The minimum absolute atomic E-state index is 0.0305. The Kier molecular flexibility index (Phi) is 4.08. The van der Waals surface area contributed by atoms with Crippen molar-refractivity contribution < 1.29 is 0 Å². The molecule has 120 valence electrons. The van der Waals surface area contributed by atoms with Gasteiger partial charge in [0.25, 0.3) is 0 Å². The van der Waals surface area contributed by atoms with E-state index < -0.39 is 0 Å². The fraction of sp³-hybridized carbons (Fsp3) is 0.647. The molecule has 2 aromatic rings. The highest BCUT2D eigenvalue weighted by atomic mass is 15.3. The van der Waals surface area contributed by atoms with Crippen molar-refractivity contribution in [1.29, 1.82) is 0 Å². The van der Waals surface area contributed by atoms with E-state index >= 15 is 0 Å². The van der Waals surface area contributed by atoms with Crippen LogP contribution in [0.4, 0.5) is 5.82 Å². The first-order valence-corrected chi connectivity index (χ1v) is 8.36. The van der Waals surface area contributed by atoms with Gasteiger partial charge in [-0.2, -0.15) is 9.61 Å². The molecule has 0 atom stereocenters. The third kappa shape index (κ3) is 2.82. The molecule has 0 bridgehead atoms. The summed E-state index contributed by atoms with van der Waals surface area (Å²) >= 11 is 0. The lowest BCUT2D eigenvalue weighted by atomic mass is 9.92. The lowest BCUT2D eigenvalue weighted by molar-refractivity contribution is 0.562. The molecule has 3 rings (SSSR count). The molecule has 5 heteroatoms. The number of nitrogens with one attached hydrogen (secondary N) is 1. The van der Waals surface area contributed by atoms with Crippen molar-refractivity contribution in [3.05, 3.63) is 23.0 Å². The van der Waals surface area contributed by atoms with Gasteiger partial charge in [0.05, 0.1) is 5.69 Å². The summed E-state index contributed by atoms with van der Waals surface area (Å²) in [6.45, 7) is 8.16. The molecule has 0 saturated heterocycles. The Labute approximate surface area is 132 Å². The van der Waals surface area contributed by atoms with Crippen LogP contribution in [-0.4, -0.2) is 27.7 Å². The number of aryl methyl sites for hydroxylation is 1.